The Kier molecular flexibility index (Phi) is 7.97. The maximum absolute atomic E-state index is 12.9. The van der Waals surface area contributed by atoms with Crippen LogP contribution in [0.3, 0.4) is 0 Å². The summed E-state index contributed by atoms with van der Waals surface area (Å²) in [5.41, 5.74) is 2.06. The lowest BCUT2D eigenvalue weighted by Crippen LogP contribution is -2.06. The van der Waals surface area contributed by atoms with Crippen molar-refractivity contribution in [1.29, 1.82) is 0 Å². The van der Waals surface area contributed by atoms with Crippen LogP contribution in [0.25, 0.3) is 6.08 Å². The summed E-state index contributed by atoms with van der Waals surface area (Å²) in [4.78, 5) is 12.9. The molecule has 0 N–H and O–H groups in total. The SMILES string of the molecule is COc1cc(OC)c(C(=O)/C=C/c2cccc(Cl)c2Cl)c(OCC=C(C)C)c1. The van der Waals surface area contributed by atoms with Gasteiger partial charge in [0.15, 0.2) is 5.78 Å². The minimum atomic E-state index is -0.289. The average molecular weight is 421 g/mol. The number of halogens is 2. The van der Waals surface area contributed by atoms with E-state index in [9.17, 15) is 4.79 Å². The fourth-order valence-corrected chi connectivity index (χ4v) is 2.77. The van der Waals surface area contributed by atoms with E-state index in [1.54, 1.807) is 36.4 Å². The Morgan fingerprint density at radius 3 is 2.43 bits per heavy atom. The molecule has 0 saturated carbocycles. The first-order chi connectivity index (χ1) is 13.4. The number of hydrogen-bond donors (Lipinski definition) is 0. The molecule has 0 aliphatic carbocycles. The van der Waals surface area contributed by atoms with E-state index in [0.717, 1.165) is 5.57 Å². The molecule has 0 spiro atoms. The quantitative estimate of drug-likeness (QED) is 0.287. The average Bonchev–Trinajstić information content (AvgIpc) is 2.67. The Balaban J connectivity index is 2.43. The van der Waals surface area contributed by atoms with E-state index in [0.29, 0.717) is 45.0 Å². The van der Waals surface area contributed by atoms with Crippen LogP contribution in [0.15, 0.2) is 48.1 Å². The van der Waals surface area contributed by atoms with Crippen molar-refractivity contribution >= 4 is 35.1 Å². The number of allylic oxidation sites excluding steroid dienone is 2. The molecule has 6 heteroatoms. The Morgan fingerprint density at radius 2 is 1.79 bits per heavy atom. The standard InChI is InChI=1S/C22H22Cl2O4/c1-14(2)10-11-28-20-13-16(26-3)12-19(27-4)21(20)18(25)9-8-15-6-5-7-17(23)22(15)24/h5-10,12-13H,11H2,1-4H3/b9-8+. The van der Waals surface area contributed by atoms with Gasteiger partial charge in [-0.15, -0.1) is 0 Å². The van der Waals surface area contributed by atoms with E-state index in [1.165, 1.54) is 20.3 Å². The van der Waals surface area contributed by atoms with E-state index in [4.69, 9.17) is 37.4 Å². The fraction of sp³-hybridized carbons (Fsp3) is 0.227. The van der Waals surface area contributed by atoms with E-state index >= 15 is 0 Å². The van der Waals surface area contributed by atoms with Gasteiger partial charge in [-0.2, -0.15) is 0 Å². The van der Waals surface area contributed by atoms with Crippen molar-refractivity contribution in [2.24, 2.45) is 0 Å². The molecule has 0 heterocycles. The van der Waals surface area contributed by atoms with E-state index in [2.05, 4.69) is 0 Å². The van der Waals surface area contributed by atoms with E-state index < -0.39 is 0 Å². The fourth-order valence-electron chi connectivity index (χ4n) is 2.40. The largest absolute Gasteiger partial charge is 0.496 e. The van der Waals surface area contributed by atoms with Gasteiger partial charge < -0.3 is 14.2 Å². The summed E-state index contributed by atoms with van der Waals surface area (Å²) in [5, 5.41) is 0.805. The highest BCUT2D eigenvalue weighted by molar-refractivity contribution is 6.42. The lowest BCUT2D eigenvalue weighted by atomic mass is 10.1. The Labute approximate surface area is 175 Å². The molecule has 4 nitrogen and oxygen atoms in total. The molecule has 0 atom stereocenters. The van der Waals surface area contributed by atoms with Gasteiger partial charge in [-0.3, -0.25) is 4.79 Å². The third-order valence-electron chi connectivity index (χ3n) is 3.87. The first-order valence-corrected chi connectivity index (χ1v) is 9.31. The number of methoxy groups -OCH3 is 2. The van der Waals surface area contributed by atoms with Gasteiger partial charge in [0.2, 0.25) is 0 Å². The zero-order chi connectivity index (χ0) is 20.7. The summed E-state index contributed by atoms with van der Waals surface area (Å²) in [6.07, 6.45) is 4.94. The molecular weight excluding hydrogens is 399 g/mol. The van der Waals surface area contributed by atoms with Gasteiger partial charge in [0.25, 0.3) is 0 Å². The lowest BCUT2D eigenvalue weighted by molar-refractivity contribution is 0.104. The summed E-state index contributed by atoms with van der Waals surface area (Å²) in [5.74, 6) is 0.976. The van der Waals surface area contributed by atoms with Crippen molar-refractivity contribution in [3.05, 3.63) is 69.2 Å². The Hall–Kier alpha value is -2.43. The minimum absolute atomic E-state index is 0.289. The molecular formula is C22H22Cl2O4. The summed E-state index contributed by atoms with van der Waals surface area (Å²) in [6, 6.07) is 8.52. The maximum atomic E-state index is 12.9. The highest BCUT2D eigenvalue weighted by Crippen LogP contribution is 2.35. The number of ether oxygens (including phenoxy) is 3. The van der Waals surface area contributed by atoms with Crippen LogP contribution in [0.5, 0.6) is 17.2 Å². The number of carbonyl (C=O) groups excluding carboxylic acids is 1. The van der Waals surface area contributed by atoms with Gasteiger partial charge in [0, 0.05) is 12.1 Å². The van der Waals surface area contributed by atoms with Crippen LogP contribution in [0.4, 0.5) is 0 Å². The zero-order valence-corrected chi connectivity index (χ0v) is 17.7. The second-order valence-electron chi connectivity index (χ2n) is 6.14. The molecule has 0 saturated heterocycles. The summed E-state index contributed by atoms with van der Waals surface area (Å²) >= 11 is 12.2. The van der Waals surface area contributed by atoms with Crippen LogP contribution in [-0.4, -0.2) is 26.6 Å². The van der Waals surface area contributed by atoms with Crippen LogP contribution in [0, 0.1) is 0 Å². The molecule has 2 aromatic carbocycles. The molecule has 28 heavy (non-hydrogen) atoms. The molecule has 2 rings (SSSR count). The highest BCUT2D eigenvalue weighted by atomic mass is 35.5. The van der Waals surface area contributed by atoms with Crippen molar-refractivity contribution in [2.75, 3.05) is 20.8 Å². The van der Waals surface area contributed by atoms with E-state index in [-0.39, 0.29) is 5.78 Å². The van der Waals surface area contributed by atoms with Gasteiger partial charge >= 0.3 is 0 Å². The van der Waals surface area contributed by atoms with Crippen molar-refractivity contribution in [3.63, 3.8) is 0 Å². The van der Waals surface area contributed by atoms with Gasteiger partial charge in [0.05, 0.1) is 24.3 Å². The molecule has 0 aromatic heterocycles. The second-order valence-corrected chi connectivity index (χ2v) is 6.92. The molecule has 0 bridgehead atoms. The minimum Gasteiger partial charge on any atom is -0.496 e. The number of carbonyl (C=O) groups is 1. The normalized spacial score (nSPS) is 10.6. The summed E-state index contributed by atoms with van der Waals surface area (Å²) < 4.78 is 16.5. The third kappa shape index (κ3) is 5.54. The van der Waals surface area contributed by atoms with E-state index in [1.807, 2.05) is 19.9 Å². The summed E-state index contributed by atoms with van der Waals surface area (Å²) in [7, 11) is 3.03. The number of hydrogen-bond acceptors (Lipinski definition) is 4. The third-order valence-corrected chi connectivity index (χ3v) is 4.70. The Bertz CT molecular complexity index is 913. The smallest absolute Gasteiger partial charge is 0.193 e. The second kappa shape index (κ2) is 10.2. The number of benzene rings is 2. The first kappa shape index (κ1) is 21.9. The van der Waals surface area contributed by atoms with Gasteiger partial charge in [0.1, 0.15) is 29.4 Å². The van der Waals surface area contributed by atoms with Crippen molar-refractivity contribution in [3.8, 4) is 17.2 Å². The molecule has 2 aromatic rings. The highest BCUT2D eigenvalue weighted by Gasteiger charge is 2.19. The first-order valence-electron chi connectivity index (χ1n) is 8.56. The molecule has 0 aliphatic rings. The van der Waals surface area contributed by atoms with Crippen LogP contribution < -0.4 is 14.2 Å². The number of ketones is 1. The Morgan fingerprint density at radius 1 is 1.07 bits per heavy atom. The maximum Gasteiger partial charge on any atom is 0.193 e. The predicted octanol–water partition coefficient (Wildman–Crippen LogP) is 6.25. The van der Waals surface area contributed by atoms with Crippen LogP contribution in [-0.2, 0) is 0 Å². The van der Waals surface area contributed by atoms with Crippen LogP contribution in [0.2, 0.25) is 10.0 Å². The molecule has 148 valence electrons. The summed E-state index contributed by atoms with van der Waals surface area (Å²) in [6.45, 7) is 4.26. The zero-order valence-electron chi connectivity index (χ0n) is 16.2. The molecule has 0 fully saturated rings. The molecule has 0 amide bonds. The molecule has 0 aliphatic heterocycles. The van der Waals surface area contributed by atoms with Gasteiger partial charge in [-0.25, -0.2) is 0 Å². The van der Waals surface area contributed by atoms with Crippen LogP contribution >= 0.6 is 23.2 Å². The topological polar surface area (TPSA) is 44.8 Å². The van der Waals surface area contributed by atoms with Crippen molar-refractivity contribution in [1.82, 2.24) is 0 Å². The van der Waals surface area contributed by atoms with Crippen molar-refractivity contribution in [2.45, 2.75) is 13.8 Å². The van der Waals surface area contributed by atoms with Gasteiger partial charge in [-0.1, -0.05) is 40.9 Å². The lowest BCUT2D eigenvalue weighted by Gasteiger charge is -2.14. The monoisotopic (exact) mass is 420 g/mol. The molecule has 0 radical (unpaired) electrons. The number of rotatable bonds is 8. The van der Waals surface area contributed by atoms with Crippen LogP contribution in [0.1, 0.15) is 29.8 Å². The van der Waals surface area contributed by atoms with Gasteiger partial charge in [-0.05, 0) is 43.7 Å². The van der Waals surface area contributed by atoms with Crippen molar-refractivity contribution < 1.29 is 19.0 Å². The molecule has 0 unspecified atom stereocenters. The predicted molar refractivity (Wildman–Crippen MR) is 114 cm³/mol.